The minimum absolute atomic E-state index is 0. The number of hydrogen-bond donors (Lipinski definition) is 0. The predicted molar refractivity (Wildman–Crippen MR) is 401 cm³/mol. The second-order valence-electron chi connectivity index (χ2n) is 32.4. The summed E-state index contributed by atoms with van der Waals surface area (Å²) >= 11 is 0. The number of benzene rings is 5. The first-order chi connectivity index (χ1) is 42.7. The van der Waals surface area contributed by atoms with Gasteiger partial charge in [-0.25, -0.2) is 0 Å². The van der Waals surface area contributed by atoms with Gasteiger partial charge < -0.3 is 9.15 Å². The number of methoxy groups -OCH3 is 1. The Hall–Kier alpha value is -7.13. The number of unbranched alkanes of at least 4 members (excludes halogenated alkanes) is 1. The van der Waals surface area contributed by atoms with Crippen molar-refractivity contribution in [2.24, 2.45) is 37.9 Å². The average Bonchev–Trinajstić information content (AvgIpc) is 1.83. The van der Waals surface area contributed by atoms with E-state index in [1.165, 1.54) is 64.5 Å². The summed E-state index contributed by atoms with van der Waals surface area (Å²) in [5.41, 5.74) is 12.5. The Kier molecular flexibility index (Phi) is 37.1. The number of ketones is 6. The van der Waals surface area contributed by atoms with Crippen molar-refractivity contribution in [2.75, 3.05) is 7.11 Å². The molecule has 0 N–H and O–H groups in total. The van der Waals surface area contributed by atoms with E-state index in [0.717, 1.165) is 40.2 Å². The third kappa shape index (κ3) is 35.4. The molecule has 0 aliphatic heterocycles. The largest absolute Gasteiger partial charge is 0.469 e. The molecule has 0 aliphatic carbocycles. The maximum Gasteiger partial charge on any atom is 0.310 e. The van der Waals surface area contributed by atoms with Gasteiger partial charge in [-0.1, -0.05) is 277 Å². The van der Waals surface area contributed by atoms with Crippen molar-refractivity contribution in [3.8, 4) is 0 Å². The first kappa shape index (κ1) is 89.9. The van der Waals surface area contributed by atoms with Gasteiger partial charge >= 0.3 is 5.97 Å². The highest BCUT2D eigenvalue weighted by molar-refractivity contribution is 6.01. The quantitative estimate of drug-likeness (QED) is 0.0864. The van der Waals surface area contributed by atoms with Crippen molar-refractivity contribution in [1.82, 2.24) is 0 Å². The average molecular weight is 1310 g/mol. The molecule has 0 aliphatic rings. The minimum atomic E-state index is -0.352. The molecule has 9 nitrogen and oxygen atoms in total. The molecule has 1 aromatic heterocycles. The van der Waals surface area contributed by atoms with Crippen LogP contribution in [0.25, 0.3) is 0 Å². The number of ether oxygens (including phenoxy) is 1. The van der Waals surface area contributed by atoms with Crippen LogP contribution in [-0.4, -0.2) is 47.8 Å². The van der Waals surface area contributed by atoms with E-state index in [-0.39, 0.29) is 68.7 Å². The zero-order valence-corrected chi connectivity index (χ0v) is 64.4. The molecule has 0 unspecified atom stereocenters. The van der Waals surface area contributed by atoms with Crippen LogP contribution < -0.4 is 0 Å². The van der Waals surface area contributed by atoms with Crippen LogP contribution in [0.15, 0.2) is 120 Å². The fraction of sp³-hybridized carbons (Fsp3) is 0.523. The summed E-state index contributed by atoms with van der Waals surface area (Å²) in [4.78, 5) is 81.6. The van der Waals surface area contributed by atoms with Crippen molar-refractivity contribution >= 4 is 40.7 Å². The fourth-order valence-corrected chi connectivity index (χ4v) is 8.57. The van der Waals surface area contributed by atoms with Gasteiger partial charge in [0.15, 0.2) is 17.3 Å². The number of furan rings is 1. The summed E-state index contributed by atoms with van der Waals surface area (Å²) in [6, 6.07) is 38.2. The molecule has 6 aromatic rings. The predicted octanol–water partition coefficient (Wildman–Crippen LogP) is 22.5. The van der Waals surface area contributed by atoms with Gasteiger partial charge in [-0.2, -0.15) is 0 Å². The van der Waals surface area contributed by atoms with E-state index in [4.69, 9.17) is 4.42 Å². The molecule has 0 spiro atoms. The Balaban J connectivity index is 0. The zero-order valence-electron chi connectivity index (χ0n) is 64.4. The molecule has 0 amide bonds. The second-order valence-corrected chi connectivity index (χ2v) is 32.4. The summed E-state index contributed by atoms with van der Waals surface area (Å²) in [6.45, 7) is 58.8. The Morgan fingerprint density at radius 2 is 0.674 bits per heavy atom. The van der Waals surface area contributed by atoms with Crippen molar-refractivity contribution in [3.05, 3.63) is 199 Å². The number of carbonyl (C=O) groups excluding carboxylic acids is 7. The summed E-state index contributed by atoms with van der Waals surface area (Å²) in [7, 11) is 1.40. The molecule has 95 heavy (non-hydrogen) atoms. The van der Waals surface area contributed by atoms with E-state index >= 15 is 0 Å². The number of rotatable bonds is 12. The first-order valence-electron chi connectivity index (χ1n) is 33.4. The highest BCUT2D eigenvalue weighted by atomic mass is 16.5. The van der Waals surface area contributed by atoms with Crippen LogP contribution in [-0.2, 0) is 49.6 Å². The molecule has 0 atom stereocenters. The summed E-state index contributed by atoms with van der Waals surface area (Å²) in [5, 5.41) is 0. The van der Waals surface area contributed by atoms with Gasteiger partial charge in [-0.05, 0) is 128 Å². The molecule has 526 valence electrons. The standard InChI is InChI=1S/C16H24O.C15H22O.C13H18O.2C12H16O.C11H16O2.C6H12O2.CH4/c1-5-6-7-13-8-10-14(11-9-13)12-15(17)16(2,3)4;1-10-7-11(2)13(12(3)8-10)9-14(16)15(4,5)6;1-10-5-7-11(8-6-10)9-12(14)13(2,3)4;2*1-9-5-7-10(8-6-9)11(13)12(2,3)4;1-7-6-9(8(2)13-7)10(12)11(3,4)5;1-6(2,3)5(7)8-4;/h8-11H,5-7,12H2,1-4H3;7-8H,9H2,1-6H3;5-8H,9H2,1-4H3;2*5-8H,1-4H3;6H,1-5H3;1-4H3;1H4. The maximum absolute atomic E-state index is 12.0. The van der Waals surface area contributed by atoms with Crippen molar-refractivity contribution < 1.29 is 42.7 Å². The normalized spacial score (nSPS) is 11.4. The summed E-state index contributed by atoms with van der Waals surface area (Å²) in [6.07, 6.45) is 5.26. The lowest BCUT2D eigenvalue weighted by atomic mass is 9.85. The van der Waals surface area contributed by atoms with Gasteiger partial charge in [0, 0.05) is 62.9 Å². The molecule has 0 saturated carbocycles. The van der Waals surface area contributed by atoms with Crippen LogP contribution in [0.4, 0.5) is 0 Å². The molecule has 1 heterocycles. The summed E-state index contributed by atoms with van der Waals surface area (Å²) in [5.74, 6) is 2.80. The minimum Gasteiger partial charge on any atom is -0.469 e. The number of esters is 1. The van der Waals surface area contributed by atoms with E-state index in [0.29, 0.717) is 42.2 Å². The van der Waals surface area contributed by atoms with E-state index in [9.17, 15) is 33.6 Å². The molecular weight excluding hydrogens is 1180 g/mol. The van der Waals surface area contributed by atoms with Gasteiger partial charge in [-0.3, -0.25) is 33.6 Å². The van der Waals surface area contributed by atoms with Crippen LogP contribution in [0.1, 0.15) is 271 Å². The maximum atomic E-state index is 12.0. The number of carbonyl (C=O) groups is 7. The van der Waals surface area contributed by atoms with Crippen LogP contribution in [0, 0.1) is 93.3 Å². The van der Waals surface area contributed by atoms with E-state index < -0.39 is 0 Å². The molecule has 9 heteroatoms. The third-order valence-electron chi connectivity index (χ3n) is 15.1. The van der Waals surface area contributed by atoms with E-state index in [2.05, 4.69) is 75.8 Å². The molecule has 6 rings (SSSR count). The zero-order chi connectivity index (χ0) is 73.3. The fourth-order valence-electron chi connectivity index (χ4n) is 8.57. The molecular formula is C86H128O9. The topological polar surface area (TPSA) is 142 Å². The number of hydrogen-bond acceptors (Lipinski definition) is 9. The Labute approximate surface area is 578 Å². The molecule has 0 bridgehead atoms. The van der Waals surface area contributed by atoms with Crippen LogP contribution in [0.3, 0.4) is 0 Å². The molecule has 0 saturated heterocycles. The van der Waals surface area contributed by atoms with Gasteiger partial charge in [0.1, 0.15) is 28.9 Å². The monoisotopic (exact) mass is 1300 g/mol. The molecule has 0 fully saturated rings. The van der Waals surface area contributed by atoms with Gasteiger partial charge in [0.2, 0.25) is 0 Å². The van der Waals surface area contributed by atoms with Crippen molar-refractivity contribution in [3.63, 3.8) is 0 Å². The number of Topliss-reactive ketones (excluding diaryl/α,β-unsaturated/α-hetero) is 6. The van der Waals surface area contributed by atoms with Crippen LogP contribution in [0.5, 0.6) is 0 Å². The Bertz CT molecular complexity index is 3260. The van der Waals surface area contributed by atoms with E-state index in [1.54, 1.807) is 0 Å². The number of aryl methyl sites for hydroxylation is 9. The highest BCUT2D eigenvalue weighted by Gasteiger charge is 2.28. The smallest absolute Gasteiger partial charge is 0.310 e. The first-order valence-corrected chi connectivity index (χ1v) is 33.4. The van der Waals surface area contributed by atoms with Gasteiger partial charge in [0.25, 0.3) is 0 Å². The molecule has 5 aromatic carbocycles. The summed E-state index contributed by atoms with van der Waals surface area (Å²) < 4.78 is 9.79. The lowest BCUT2D eigenvalue weighted by molar-refractivity contribution is -0.149. The van der Waals surface area contributed by atoms with E-state index in [1.807, 2.05) is 252 Å². The van der Waals surface area contributed by atoms with Crippen LogP contribution >= 0.6 is 0 Å². The van der Waals surface area contributed by atoms with Gasteiger partial charge in [0.05, 0.1) is 18.1 Å². The lowest BCUT2D eigenvalue weighted by Crippen LogP contribution is -2.22. The lowest BCUT2D eigenvalue weighted by Gasteiger charge is -2.18. The second kappa shape index (κ2) is 39.2. The van der Waals surface area contributed by atoms with Gasteiger partial charge in [-0.15, -0.1) is 0 Å². The van der Waals surface area contributed by atoms with Crippen LogP contribution in [0.2, 0.25) is 0 Å². The van der Waals surface area contributed by atoms with Crippen molar-refractivity contribution in [2.45, 2.75) is 254 Å². The Morgan fingerprint density at radius 3 is 0.937 bits per heavy atom. The Morgan fingerprint density at radius 1 is 0.368 bits per heavy atom. The highest BCUT2D eigenvalue weighted by Crippen LogP contribution is 2.27. The SMILES string of the molecule is C.CCCCc1ccc(CC(=O)C(C)(C)C)cc1.COC(=O)C(C)(C)C.Cc1cc(C(=O)C(C)(C)C)c(C)o1.Cc1cc(C)c(CC(=O)C(C)(C)C)c(C)c1.Cc1ccc(C(=O)C(C)(C)C)cc1.Cc1ccc(C(=O)C(C)(C)C)cc1.Cc1ccc(CC(=O)C(C)(C)C)cc1. The molecule has 0 radical (unpaired) electrons. The third-order valence-corrected chi connectivity index (χ3v) is 15.1. The van der Waals surface area contributed by atoms with Crippen molar-refractivity contribution in [1.29, 1.82) is 0 Å².